The molecule has 19 heavy (non-hydrogen) atoms. The molecule has 0 spiro atoms. The van der Waals surface area contributed by atoms with Crippen molar-refractivity contribution >= 4 is 17.5 Å². The zero-order valence-corrected chi connectivity index (χ0v) is 11.4. The molecule has 0 aromatic heterocycles. The van der Waals surface area contributed by atoms with Gasteiger partial charge in [0, 0.05) is 25.7 Å². The molecule has 0 saturated carbocycles. The molecule has 1 aliphatic heterocycles. The predicted molar refractivity (Wildman–Crippen MR) is 70.9 cm³/mol. The average molecular weight is 287 g/mol. The molecule has 1 aromatic carbocycles. The van der Waals surface area contributed by atoms with E-state index in [1.807, 2.05) is 0 Å². The zero-order chi connectivity index (χ0) is 13.8. The molecule has 0 aliphatic carbocycles. The van der Waals surface area contributed by atoms with Crippen molar-refractivity contribution in [1.82, 2.24) is 10.2 Å². The number of hydrogen-bond donors (Lipinski definition) is 1. The number of carbonyl (C=O) groups is 1. The standard InChI is InChI=1S/C13H16ClFN2O2/c1-17(9-4-5-16-7-9)13(18)8-19-10-2-3-12(15)11(14)6-10/h2-3,6,9,16H,4-5,7-8H2,1H3. The van der Waals surface area contributed by atoms with Crippen LogP contribution in [0.3, 0.4) is 0 Å². The van der Waals surface area contributed by atoms with E-state index in [2.05, 4.69) is 5.32 Å². The molecule has 1 aromatic rings. The van der Waals surface area contributed by atoms with Crippen LogP contribution in [0.5, 0.6) is 5.75 Å². The largest absolute Gasteiger partial charge is 0.484 e. The number of carbonyl (C=O) groups excluding carboxylic acids is 1. The molecule has 1 N–H and O–H groups in total. The van der Waals surface area contributed by atoms with Crippen LogP contribution >= 0.6 is 11.6 Å². The van der Waals surface area contributed by atoms with Gasteiger partial charge in [-0.15, -0.1) is 0 Å². The predicted octanol–water partition coefficient (Wildman–Crippen LogP) is 1.68. The van der Waals surface area contributed by atoms with Crippen LogP contribution in [0.2, 0.25) is 5.02 Å². The summed E-state index contributed by atoms with van der Waals surface area (Å²) in [6, 6.07) is 4.24. The number of amides is 1. The van der Waals surface area contributed by atoms with Gasteiger partial charge in [-0.3, -0.25) is 4.79 Å². The average Bonchev–Trinajstić information content (AvgIpc) is 2.93. The van der Waals surface area contributed by atoms with Crippen molar-refractivity contribution < 1.29 is 13.9 Å². The lowest BCUT2D eigenvalue weighted by atomic mass is 10.2. The molecular weight excluding hydrogens is 271 g/mol. The Balaban J connectivity index is 1.87. The number of benzene rings is 1. The Kier molecular flexibility index (Phi) is 4.61. The third kappa shape index (κ3) is 3.58. The molecule has 1 atom stereocenters. The highest BCUT2D eigenvalue weighted by Gasteiger charge is 2.23. The van der Waals surface area contributed by atoms with Crippen molar-refractivity contribution in [3.63, 3.8) is 0 Å². The molecule has 4 nitrogen and oxygen atoms in total. The van der Waals surface area contributed by atoms with Crippen LogP contribution in [-0.2, 0) is 4.79 Å². The van der Waals surface area contributed by atoms with Crippen LogP contribution < -0.4 is 10.1 Å². The molecule has 1 saturated heterocycles. The second-order valence-electron chi connectivity index (χ2n) is 4.52. The van der Waals surface area contributed by atoms with Crippen LogP contribution in [0.4, 0.5) is 4.39 Å². The van der Waals surface area contributed by atoms with E-state index >= 15 is 0 Å². The molecule has 0 bridgehead atoms. The normalized spacial score (nSPS) is 18.4. The molecule has 104 valence electrons. The number of rotatable bonds is 4. The summed E-state index contributed by atoms with van der Waals surface area (Å²) >= 11 is 5.64. The summed E-state index contributed by atoms with van der Waals surface area (Å²) < 4.78 is 18.3. The van der Waals surface area contributed by atoms with E-state index in [1.54, 1.807) is 11.9 Å². The van der Waals surface area contributed by atoms with Crippen molar-refractivity contribution in [3.05, 3.63) is 29.0 Å². The SMILES string of the molecule is CN(C(=O)COc1ccc(F)c(Cl)c1)C1CCNC1. The van der Waals surface area contributed by atoms with E-state index in [-0.39, 0.29) is 23.6 Å². The summed E-state index contributed by atoms with van der Waals surface area (Å²) in [5.41, 5.74) is 0. The van der Waals surface area contributed by atoms with Gasteiger partial charge in [-0.1, -0.05) is 11.6 Å². The van der Waals surface area contributed by atoms with Gasteiger partial charge in [0.25, 0.3) is 5.91 Å². The van der Waals surface area contributed by atoms with E-state index in [9.17, 15) is 9.18 Å². The summed E-state index contributed by atoms with van der Waals surface area (Å²) in [6.45, 7) is 1.66. The van der Waals surface area contributed by atoms with Gasteiger partial charge in [-0.05, 0) is 25.1 Å². The molecule has 1 fully saturated rings. The lowest BCUT2D eigenvalue weighted by molar-refractivity contribution is -0.133. The molecule has 1 unspecified atom stereocenters. The summed E-state index contributed by atoms with van der Waals surface area (Å²) in [5.74, 6) is -0.221. The maximum Gasteiger partial charge on any atom is 0.260 e. The van der Waals surface area contributed by atoms with Gasteiger partial charge in [0.1, 0.15) is 11.6 Å². The highest BCUT2D eigenvalue weighted by Crippen LogP contribution is 2.21. The van der Waals surface area contributed by atoms with Crippen molar-refractivity contribution in [3.8, 4) is 5.75 Å². The number of likely N-dealkylation sites (N-methyl/N-ethyl adjacent to an activating group) is 1. The van der Waals surface area contributed by atoms with Gasteiger partial charge in [-0.2, -0.15) is 0 Å². The molecular formula is C13H16ClFN2O2. The molecule has 1 aliphatic rings. The fraction of sp³-hybridized carbons (Fsp3) is 0.462. The zero-order valence-electron chi connectivity index (χ0n) is 10.7. The van der Waals surface area contributed by atoms with Crippen molar-refractivity contribution in [2.45, 2.75) is 12.5 Å². The van der Waals surface area contributed by atoms with E-state index in [0.717, 1.165) is 19.5 Å². The minimum absolute atomic E-state index is 0.0155. The van der Waals surface area contributed by atoms with Crippen LogP contribution in [0.15, 0.2) is 18.2 Å². The number of ether oxygens (including phenoxy) is 1. The first-order chi connectivity index (χ1) is 9.08. The van der Waals surface area contributed by atoms with Gasteiger partial charge >= 0.3 is 0 Å². The minimum Gasteiger partial charge on any atom is -0.484 e. The smallest absolute Gasteiger partial charge is 0.260 e. The second-order valence-corrected chi connectivity index (χ2v) is 4.92. The summed E-state index contributed by atoms with van der Waals surface area (Å²) in [6.07, 6.45) is 0.949. The number of hydrogen-bond acceptors (Lipinski definition) is 3. The monoisotopic (exact) mass is 286 g/mol. The van der Waals surface area contributed by atoms with Gasteiger partial charge in [-0.25, -0.2) is 4.39 Å². The Morgan fingerprint density at radius 3 is 3.05 bits per heavy atom. The second kappa shape index (κ2) is 6.21. The summed E-state index contributed by atoms with van der Waals surface area (Å²) in [7, 11) is 1.76. The molecule has 2 rings (SSSR count). The Hall–Kier alpha value is -1.33. The Labute approximate surface area is 116 Å². The van der Waals surface area contributed by atoms with Crippen LogP contribution in [0, 0.1) is 5.82 Å². The molecule has 6 heteroatoms. The van der Waals surface area contributed by atoms with Gasteiger partial charge in [0.2, 0.25) is 0 Å². The number of nitrogens with one attached hydrogen (secondary N) is 1. The van der Waals surface area contributed by atoms with Gasteiger partial charge in [0.05, 0.1) is 5.02 Å². The number of halogens is 2. The first-order valence-electron chi connectivity index (χ1n) is 6.12. The van der Waals surface area contributed by atoms with Crippen LogP contribution in [0.25, 0.3) is 0 Å². The van der Waals surface area contributed by atoms with E-state index in [4.69, 9.17) is 16.3 Å². The van der Waals surface area contributed by atoms with Gasteiger partial charge < -0.3 is 15.0 Å². The Morgan fingerprint density at radius 2 is 2.42 bits per heavy atom. The van der Waals surface area contributed by atoms with Gasteiger partial charge in [0.15, 0.2) is 6.61 Å². The first kappa shape index (κ1) is 14.1. The Morgan fingerprint density at radius 1 is 1.63 bits per heavy atom. The molecule has 0 radical (unpaired) electrons. The molecule has 1 heterocycles. The molecule has 1 amide bonds. The fourth-order valence-corrected chi connectivity index (χ4v) is 2.16. The van der Waals surface area contributed by atoms with E-state index < -0.39 is 5.82 Å². The third-order valence-electron chi connectivity index (χ3n) is 3.23. The quantitative estimate of drug-likeness (QED) is 0.916. The minimum atomic E-state index is -0.505. The Bertz CT molecular complexity index is 464. The highest BCUT2D eigenvalue weighted by molar-refractivity contribution is 6.30. The summed E-state index contributed by atoms with van der Waals surface area (Å²) in [5, 5.41) is 3.19. The van der Waals surface area contributed by atoms with Crippen LogP contribution in [0.1, 0.15) is 6.42 Å². The van der Waals surface area contributed by atoms with E-state index in [1.165, 1.54) is 18.2 Å². The maximum atomic E-state index is 13.0. The lowest BCUT2D eigenvalue weighted by Crippen LogP contribution is -2.40. The van der Waals surface area contributed by atoms with Crippen molar-refractivity contribution in [1.29, 1.82) is 0 Å². The third-order valence-corrected chi connectivity index (χ3v) is 3.52. The fourth-order valence-electron chi connectivity index (χ4n) is 1.99. The number of nitrogens with zero attached hydrogens (tertiary/aromatic N) is 1. The highest BCUT2D eigenvalue weighted by atomic mass is 35.5. The lowest BCUT2D eigenvalue weighted by Gasteiger charge is -2.23. The topological polar surface area (TPSA) is 41.6 Å². The van der Waals surface area contributed by atoms with E-state index in [0.29, 0.717) is 5.75 Å². The first-order valence-corrected chi connectivity index (χ1v) is 6.50. The summed E-state index contributed by atoms with van der Waals surface area (Å²) in [4.78, 5) is 13.6. The van der Waals surface area contributed by atoms with Crippen molar-refractivity contribution in [2.24, 2.45) is 0 Å². The van der Waals surface area contributed by atoms with Crippen LogP contribution in [-0.4, -0.2) is 43.6 Å². The maximum absolute atomic E-state index is 13.0. The van der Waals surface area contributed by atoms with Crippen molar-refractivity contribution in [2.75, 3.05) is 26.7 Å².